The number of hydrogen-bond acceptors (Lipinski definition) is 5. The van der Waals surface area contributed by atoms with Gasteiger partial charge in [-0.05, 0) is 66.9 Å². The first-order valence-electron chi connectivity index (χ1n) is 9.40. The van der Waals surface area contributed by atoms with E-state index in [1.807, 2.05) is 43.3 Å². The van der Waals surface area contributed by atoms with Gasteiger partial charge in [0.05, 0.1) is 10.6 Å². The summed E-state index contributed by atoms with van der Waals surface area (Å²) >= 11 is 1.52. The van der Waals surface area contributed by atoms with E-state index in [2.05, 4.69) is 21.6 Å². The molecule has 29 heavy (non-hydrogen) atoms. The molecule has 0 aliphatic carbocycles. The molecule has 0 aliphatic heterocycles. The van der Waals surface area contributed by atoms with Gasteiger partial charge in [0.15, 0.2) is 0 Å². The molecule has 0 spiro atoms. The molecule has 0 bridgehead atoms. The van der Waals surface area contributed by atoms with Crippen molar-refractivity contribution in [3.05, 3.63) is 71.9 Å². The highest BCUT2D eigenvalue weighted by Gasteiger charge is 2.16. The number of nitrogens with one attached hydrogen (secondary N) is 1. The molecule has 0 fully saturated rings. The molecule has 148 valence electrons. The fourth-order valence-electron chi connectivity index (χ4n) is 3.13. The van der Waals surface area contributed by atoms with E-state index >= 15 is 0 Å². The first-order chi connectivity index (χ1) is 14.0. The summed E-state index contributed by atoms with van der Waals surface area (Å²) in [7, 11) is -3.64. The first-order valence-corrected chi connectivity index (χ1v) is 11.7. The highest BCUT2D eigenvalue weighted by atomic mass is 32.2. The van der Waals surface area contributed by atoms with Crippen LogP contribution in [-0.4, -0.2) is 18.4 Å². The maximum absolute atomic E-state index is 12.8. The van der Waals surface area contributed by atoms with Crippen molar-refractivity contribution in [3.8, 4) is 10.6 Å². The van der Waals surface area contributed by atoms with E-state index in [0.717, 1.165) is 44.9 Å². The first kappa shape index (κ1) is 19.5. The summed E-state index contributed by atoms with van der Waals surface area (Å²) in [5.74, 6) is 0. The molecule has 0 saturated carbocycles. The Morgan fingerprint density at radius 1 is 1.07 bits per heavy atom. The Balaban J connectivity index is 1.59. The minimum Gasteiger partial charge on any atom is -0.279 e. The van der Waals surface area contributed by atoms with Gasteiger partial charge in [0.1, 0.15) is 15.4 Å². The topological polar surface area (TPSA) is 72.0 Å². The second-order valence-electron chi connectivity index (χ2n) is 6.88. The molecule has 5 nitrogen and oxygen atoms in total. The van der Waals surface area contributed by atoms with Crippen LogP contribution in [0.4, 0.5) is 5.69 Å². The zero-order valence-electron chi connectivity index (χ0n) is 16.2. The Labute approximate surface area is 174 Å². The predicted octanol–water partition coefficient (Wildman–Crippen LogP) is 5.42. The molecule has 0 atom stereocenters. The number of rotatable bonds is 6. The summed E-state index contributed by atoms with van der Waals surface area (Å²) in [6.45, 7) is 3.99. The number of pyridine rings is 1. The Kier molecular flexibility index (Phi) is 5.34. The third kappa shape index (κ3) is 4.16. The molecule has 7 heteroatoms. The van der Waals surface area contributed by atoms with Crippen molar-refractivity contribution in [1.29, 1.82) is 0 Å². The summed E-state index contributed by atoms with van der Waals surface area (Å²) < 4.78 is 28.2. The lowest BCUT2D eigenvalue weighted by Crippen LogP contribution is -2.13. The smallest absolute Gasteiger partial charge is 0.261 e. The molecule has 2 aromatic carbocycles. The highest BCUT2D eigenvalue weighted by Crippen LogP contribution is 2.31. The summed E-state index contributed by atoms with van der Waals surface area (Å²) in [5.41, 5.74) is 4.34. The normalized spacial score (nSPS) is 11.7. The van der Waals surface area contributed by atoms with E-state index in [4.69, 9.17) is 0 Å². The monoisotopic (exact) mass is 423 g/mol. The zero-order chi connectivity index (χ0) is 20.4. The standard InChI is InChI=1S/C22H21N3O2S2/c1-3-5-16-7-10-18(11-8-16)29(26,27)25-19-12-9-17(14-15(19)2)21-24-20-6-4-13-23-22(20)28-21/h4,6-14,25H,3,5H2,1-2H3. The maximum atomic E-state index is 12.8. The van der Waals surface area contributed by atoms with Gasteiger partial charge in [0, 0.05) is 11.8 Å². The van der Waals surface area contributed by atoms with Crippen LogP contribution in [0.3, 0.4) is 0 Å². The molecule has 0 radical (unpaired) electrons. The maximum Gasteiger partial charge on any atom is 0.261 e. The van der Waals surface area contributed by atoms with E-state index < -0.39 is 10.0 Å². The number of benzene rings is 2. The Hall–Kier alpha value is -2.77. The molecular weight excluding hydrogens is 402 g/mol. The number of fused-ring (bicyclic) bond motifs is 1. The van der Waals surface area contributed by atoms with Crippen molar-refractivity contribution in [2.24, 2.45) is 0 Å². The number of thiazole rings is 1. The lowest BCUT2D eigenvalue weighted by molar-refractivity contribution is 0.601. The van der Waals surface area contributed by atoms with Crippen molar-refractivity contribution in [1.82, 2.24) is 9.97 Å². The molecule has 2 aromatic heterocycles. The Bertz CT molecular complexity index is 1230. The molecule has 0 amide bonds. The van der Waals surface area contributed by atoms with Gasteiger partial charge in [-0.25, -0.2) is 18.4 Å². The van der Waals surface area contributed by atoms with Crippen molar-refractivity contribution in [3.63, 3.8) is 0 Å². The Morgan fingerprint density at radius 3 is 2.55 bits per heavy atom. The fourth-order valence-corrected chi connectivity index (χ4v) is 5.17. The van der Waals surface area contributed by atoms with E-state index in [1.165, 1.54) is 11.3 Å². The van der Waals surface area contributed by atoms with E-state index in [-0.39, 0.29) is 4.90 Å². The molecular formula is C22H21N3O2S2. The van der Waals surface area contributed by atoms with Crippen molar-refractivity contribution in [2.75, 3.05) is 4.72 Å². The van der Waals surface area contributed by atoms with Crippen LogP contribution in [0.15, 0.2) is 65.7 Å². The lowest BCUT2D eigenvalue weighted by Gasteiger charge is -2.12. The van der Waals surface area contributed by atoms with E-state index in [0.29, 0.717) is 5.69 Å². The quantitative estimate of drug-likeness (QED) is 0.449. The second kappa shape index (κ2) is 7.93. The van der Waals surface area contributed by atoms with Gasteiger partial charge in [-0.1, -0.05) is 36.8 Å². The van der Waals surface area contributed by atoms with Gasteiger partial charge in [-0.2, -0.15) is 0 Å². The van der Waals surface area contributed by atoms with Gasteiger partial charge >= 0.3 is 0 Å². The second-order valence-corrected chi connectivity index (χ2v) is 9.54. The molecule has 4 rings (SSSR count). The molecule has 0 unspecified atom stereocenters. The van der Waals surface area contributed by atoms with Gasteiger partial charge in [0.25, 0.3) is 10.0 Å². The molecule has 2 heterocycles. The minimum atomic E-state index is -3.64. The van der Waals surface area contributed by atoms with Crippen LogP contribution >= 0.6 is 11.3 Å². The van der Waals surface area contributed by atoms with Gasteiger partial charge in [-0.3, -0.25) is 4.72 Å². The van der Waals surface area contributed by atoms with Crippen molar-refractivity contribution < 1.29 is 8.42 Å². The van der Waals surface area contributed by atoms with Gasteiger partial charge in [-0.15, -0.1) is 0 Å². The van der Waals surface area contributed by atoms with Crippen LogP contribution in [0.1, 0.15) is 24.5 Å². The summed E-state index contributed by atoms with van der Waals surface area (Å²) in [6, 6.07) is 16.5. The third-order valence-electron chi connectivity index (χ3n) is 4.66. The van der Waals surface area contributed by atoms with E-state index in [9.17, 15) is 8.42 Å². The number of sulfonamides is 1. The average molecular weight is 424 g/mol. The van der Waals surface area contributed by atoms with E-state index in [1.54, 1.807) is 24.4 Å². The highest BCUT2D eigenvalue weighted by molar-refractivity contribution is 7.92. The average Bonchev–Trinajstić information content (AvgIpc) is 3.14. The molecule has 0 saturated heterocycles. The molecule has 4 aromatic rings. The summed E-state index contributed by atoms with van der Waals surface area (Å²) in [4.78, 5) is 10.1. The number of hydrogen-bond donors (Lipinski definition) is 1. The SMILES string of the molecule is CCCc1ccc(S(=O)(=O)Nc2ccc(-c3nc4cccnc4s3)cc2C)cc1. The largest absolute Gasteiger partial charge is 0.279 e. The zero-order valence-corrected chi connectivity index (χ0v) is 17.8. The van der Waals surface area contributed by atoms with Crippen LogP contribution < -0.4 is 4.72 Å². The number of anilines is 1. The predicted molar refractivity (Wildman–Crippen MR) is 119 cm³/mol. The van der Waals surface area contributed by atoms with Gasteiger partial charge in [0.2, 0.25) is 0 Å². The summed E-state index contributed by atoms with van der Waals surface area (Å²) in [5, 5.41) is 0.864. The van der Waals surface area contributed by atoms with Gasteiger partial charge < -0.3 is 0 Å². The minimum absolute atomic E-state index is 0.262. The van der Waals surface area contributed by atoms with Crippen LogP contribution in [0.25, 0.3) is 20.9 Å². The van der Waals surface area contributed by atoms with Crippen LogP contribution in [0.5, 0.6) is 0 Å². The van der Waals surface area contributed by atoms with Crippen LogP contribution in [-0.2, 0) is 16.4 Å². The Morgan fingerprint density at radius 2 is 1.86 bits per heavy atom. The van der Waals surface area contributed by atoms with Crippen molar-refractivity contribution in [2.45, 2.75) is 31.6 Å². The third-order valence-corrected chi connectivity index (χ3v) is 7.07. The van der Waals surface area contributed by atoms with Crippen LogP contribution in [0, 0.1) is 6.92 Å². The molecule has 0 aliphatic rings. The summed E-state index contributed by atoms with van der Waals surface area (Å²) in [6.07, 6.45) is 3.72. The molecule has 1 N–H and O–H groups in total. The number of nitrogens with zero attached hydrogens (tertiary/aromatic N) is 2. The number of aromatic nitrogens is 2. The van der Waals surface area contributed by atoms with Crippen LogP contribution in [0.2, 0.25) is 0 Å². The lowest BCUT2D eigenvalue weighted by atomic mass is 10.1. The number of aryl methyl sites for hydroxylation is 2. The van der Waals surface area contributed by atoms with Crippen molar-refractivity contribution >= 4 is 37.4 Å². The fraction of sp³-hybridized carbons (Fsp3) is 0.182.